The summed E-state index contributed by atoms with van der Waals surface area (Å²) in [5.74, 6) is -0.180. The Morgan fingerprint density at radius 1 is 1.03 bits per heavy atom. The second-order valence-corrected chi connectivity index (χ2v) is 9.38. The molecule has 0 aliphatic rings. The molecule has 1 heterocycles. The number of amides is 1. The summed E-state index contributed by atoms with van der Waals surface area (Å²) in [6, 6.07) is 11.1. The molecule has 0 saturated heterocycles. The summed E-state index contributed by atoms with van der Waals surface area (Å²) in [5.41, 5.74) is 1.61. The number of carbonyl (C=O) groups excluding carboxylic acids is 1. The zero-order chi connectivity index (χ0) is 22.9. The molecular formula is C23H25FN2O4S. The smallest absolute Gasteiger partial charge is 0.256 e. The number of anilines is 1. The van der Waals surface area contributed by atoms with E-state index in [1.165, 1.54) is 19.2 Å². The highest BCUT2D eigenvalue weighted by Gasteiger charge is 2.31. The monoisotopic (exact) mass is 444 g/mol. The van der Waals surface area contributed by atoms with Crippen molar-refractivity contribution in [3.63, 3.8) is 0 Å². The Bertz CT molecular complexity index is 1210. The van der Waals surface area contributed by atoms with Crippen LogP contribution >= 0.6 is 0 Å². The number of hydrogen-bond donors (Lipinski definition) is 1. The van der Waals surface area contributed by atoms with Gasteiger partial charge in [-0.25, -0.2) is 12.8 Å². The van der Waals surface area contributed by atoms with Gasteiger partial charge in [-0.2, -0.15) is 0 Å². The van der Waals surface area contributed by atoms with Gasteiger partial charge in [0.2, 0.25) is 9.84 Å². The Morgan fingerprint density at radius 2 is 1.61 bits per heavy atom. The van der Waals surface area contributed by atoms with Gasteiger partial charge in [0, 0.05) is 17.3 Å². The van der Waals surface area contributed by atoms with Gasteiger partial charge in [-0.05, 0) is 81.8 Å². The summed E-state index contributed by atoms with van der Waals surface area (Å²) in [6.07, 6.45) is 0. The fourth-order valence-corrected chi connectivity index (χ4v) is 5.23. The largest absolute Gasteiger partial charge is 0.497 e. The Labute approximate surface area is 181 Å². The number of hydrogen-bond acceptors (Lipinski definition) is 4. The molecule has 3 rings (SSSR count). The Morgan fingerprint density at radius 3 is 2.13 bits per heavy atom. The average Bonchev–Trinajstić information content (AvgIpc) is 2.98. The molecular weight excluding hydrogens is 419 g/mol. The van der Waals surface area contributed by atoms with Crippen LogP contribution in [-0.2, 0) is 9.84 Å². The summed E-state index contributed by atoms with van der Waals surface area (Å²) in [6.45, 7) is 7.32. The first-order valence-corrected chi connectivity index (χ1v) is 11.2. The molecule has 1 amide bonds. The second-order valence-electron chi connectivity index (χ2n) is 7.49. The third kappa shape index (κ3) is 4.20. The van der Waals surface area contributed by atoms with Crippen molar-refractivity contribution in [2.45, 2.75) is 43.5 Å². The maximum atomic E-state index is 13.5. The van der Waals surface area contributed by atoms with Gasteiger partial charge in [0.1, 0.15) is 22.3 Å². The van der Waals surface area contributed by atoms with Gasteiger partial charge in [-0.3, -0.25) is 4.79 Å². The highest BCUT2D eigenvalue weighted by atomic mass is 32.2. The van der Waals surface area contributed by atoms with Gasteiger partial charge in [-0.1, -0.05) is 0 Å². The molecule has 164 valence electrons. The van der Waals surface area contributed by atoms with Crippen LogP contribution in [0.15, 0.2) is 58.3 Å². The van der Waals surface area contributed by atoms with Crippen LogP contribution in [0, 0.1) is 19.7 Å². The minimum atomic E-state index is -4.01. The normalized spacial score (nSPS) is 11.6. The summed E-state index contributed by atoms with van der Waals surface area (Å²) < 4.78 is 47.2. The first-order valence-electron chi connectivity index (χ1n) is 9.75. The maximum Gasteiger partial charge on any atom is 0.256 e. The number of benzene rings is 2. The fourth-order valence-electron chi connectivity index (χ4n) is 3.54. The number of aromatic nitrogens is 1. The van der Waals surface area contributed by atoms with Crippen molar-refractivity contribution in [1.29, 1.82) is 0 Å². The number of halogens is 1. The number of rotatable bonds is 6. The van der Waals surface area contributed by atoms with Crippen LogP contribution in [-0.4, -0.2) is 26.0 Å². The third-order valence-corrected chi connectivity index (χ3v) is 7.12. The van der Waals surface area contributed by atoms with Crippen LogP contribution in [0.3, 0.4) is 0 Å². The van der Waals surface area contributed by atoms with Gasteiger partial charge < -0.3 is 14.6 Å². The molecule has 0 radical (unpaired) electrons. The van der Waals surface area contributed by atoms with Crippen molar-refractivity contribution < 1.29 is 22.3 Å². The maximum absolute atomic E-state index is 13.5. The van der Waals surface area contributed by atoms with Crippen molar-refractivity contribution in [3.8, 4) is 5.75 Å². The van der Waals surface area contributed by atoms with Gasteiger partial charge in [0.15, 0.2) is 0 Å². The molecule has 31 heavy (non-hydrogen) atoms. The molecule has 1 N–H and O–H groups in total. The zero-order valence-electron chi connectivity index (χ0n) is 18.1. The van der Waals surface area contributed by atoms with E-state index in [1.54, 1.807) is 35.8 Å². The van der Waals surface area contributed by atoms with Gasteiger partial charge in [-0.15, -0.1) is 0 Å². The molecule has 1 aromatic heterocycles. The van der Waals surface area contributed by atoms with Crippen LogP contribution in [0.1, 0.15) is 41.5 Å². The van der Waals surface area contributed by atoms with Crippen LogP contribution in [0.5, 0.6) is 5.75 Å². The van der Waals surface area contributed by atoms with E-state index in [4.69, 9.17) is 4.74 Å². The first-order chi connectivity index (χ1) is 14.6. The van der Waals surface area contributed by atoms with E-state index < -0.39 is 21.6 Å². The summed E-state index contributed by atoms with van der Waals surface area (Å²) in [4.78, 5) is 12.9. The minimum Gasteiger partial charge on any atom is -0.497 e. The quantitative estimate of drug-likeness (QED) is 0.548. The Hall–Kier alpha value is -3.13. The van der Waals surface area contributed by atoms with Crippen LogP contribution in [0.25, 0.3) is 0 Å². The Balaban J connectivity index is 2.15. The predicted octanol–water partition coefficient (Wildman–Crippen LogP) is 4.92. The van der Waals surface area contributed by atoms with Crippen LogP contribution in [0.4, 0.5) is 10.2 Å². The molecule has 2 aromatic carbocycles. The highest BCUT2D eigenvalue weighted by Crippen LogP contribution is 2.37. The lowest BCUT2D eigenvalue weighted by molar-refractivity contribution is 0.102. The minimum absolute atomic E-state index is 0.00664. The van der Waals surface area contributed by atoms with Crippen LogP contribution < -0.4 is 10.1 Å². The van der Waals surface area contributed by atoms with Crippen molar-refractivity contribution in [2.24, 2.45) is 0 Å². The molecule has 0 atom stereocenters. The van der Waals surface area contributed by atoms with E-state index in [9.17, 15) is 17.6 Å². The summed E-state index contributed by atoms with van der Waals surface area (Å²) >= 11 is 0. The van der Waals surface area contributed by atoms with E-state index in [2.05, 4.69) is 5.32 Å². The lowest BCUT2D eigenvalue weighted by Gasteiger charge is -2.17. The van der Waals surface area contributed by atoms with Crippen molar-refractivity contribution in [2.75, 3.05) is 12.4 Å². The van der Waals surface area contributed by atoms with Gasteiger partial charge >= 0.3 is 0 Å². The molecule has 6 nitrogen and oxygen atoms in total. The molecule has 3 aromatic rings. The highest BCUT2D eigenvalue weighted by molar-refractivity contribution is 7.91. The lowest BCUT2D eigenvalue weighted by Crippen LogP contribution is -2.18. The van der Waals surface area contributed by atoms with E-state index in [1.807, 2.05) is 20.8 Å². The molecule has 0 unspecified atom stereocenters. The molecule has 0 aliphatic heterocycles. The van der Waals surface area contributed by atoms with Gasteiger partial charge in [0.05, 0.1) is 12.0 Å². The van der Waals surface area contributed by atoms with Crippen molar-refractivity contribution in [1.82, 2.24) is 4.57 Å². The molecule has 8 heteroatoms. The number of carbonyl (C=O) groups is 1. The summed E-state index contributed by atoms with van der Waals surface area (Å²) in [5, 5.41) is 2.79. The summed E-state index contributed by atoms with van der Waals surface area (Å²) in [7, 11) is -2.48. The SMILES string of the molecule is COc1ccc(C(=O)Nc2c(S(=O)(=O)c3ccc(F)cc3)c(C)c(C)n2C(C)C)cc1. The van der Waals surface area contributed by atoms with E-state index in [0.717, 1.165) is 17.8 Å². The molecule has 0 aliphatic carbocycles. The van der Waals surface area contributed by atoms with Crippen molar-refractivity contribution >= 4 is 21.6 Å². The molecule has 0 saturated carbocycles. The number of ether oxygens (including phenoxy) is 1. The molecule has 0 fully saturated rings. The van der Waals surface area contributed by atoms with Gasteiger partial charge in [0.25, 0.3) is 5.91 Å². The van der Waals surface area contributed by atoms with Crippen LogP contribution in [0.2, 0.25) is 0 Å². The topological polar surface area (TPSA) is 77.4 Å². The van der Waals surface area contributed by atoms with E-state index in [0.29, 0.717) is 16.9 Å². The Kier molecular flexibility index (Phi) is 6.22. The first kappa shape index (κ1) is 22.6. The van der Waals surface area contributed by atoms with E-state index >= 15 is 0 Å². The van der Waals surface area contributed by atoms with Crippen molar-refractivity contribution in [3.05, 3.63) is 71.2 Å². The lowest BCUT2D eigenvalue weighted by atomic mass is 10.2. The molecule has 0 bridgehead atoms. The number of methoxy groups -OCH3 is 1. The zero-order valence-corrected chi connectivity index (χ0v) is 18.9. The number of nitrogens with one attached hydrogen (secondary N) is 1. The second kappa shape index (κ2) is 8.55. The predicted molar refractivity (Wildman–Crippen MR) is 117 cm³/mol. The standard InChI is InChI=1S/C23H25FN2O4S/c1-14(2)26-16(4)15(3)21(31(28,29)20-12-8-18(24)9-13-20)22(26)25-23(27)17-6-10-19(30-5)11-7-17/h6-14H,1-5H3,(H,25,27). The average molecular weight is 445 g/mol. The molecule has 0 spiro atoms. The number of nitrogens with zero attached hydrogens (tertiary/aromatic N) is 1. The number of sulfone groups is 1. The fraction of sp³-hybridized carbons (Fsp3) is 0.261. The van der Waals surface area contributed by atoms with E-state index in [-0.39, 0.29) is 21.7 Å². The third-order valence-electron chi connectivity index (χ3n) is 5.19.